The quantitative estimate of drug-likeness (QED) is 0.680. The van der Waals surface area contributed by atoms with E-state index in [2.05, 4.69) is 29.6 Å². The van der Waals surface area contributed by atoms with Crippen LogP contribution in [0.15, 0.2) is 42.5 Å². The lowest BCUT2D eigenvalue weighted by Gasteiger charge is -2.39. The summed E-state index contributed by atoms with van der Waals surface area (Å²) in [6.07, 6.45) is 7.27. The number of carbonyl (C=O) groups is 2. The zero-order valence-electron chi connectivity index (χ0n) is 17.7. The number of carboxylic acid groups (broad SMARTS) is 1. The third kappa shape index (κ3) is 4.07. The molecule has 2 aromatic carbocycles. The lowest BCUT2D eigenvalue weighted by molar-refractivity contribution is -0.117. The van der Waals surface area contributed by atoms with Crippen LogP contribution in [0.1, 0.15) is 85.8 Å². The Morgan fingerprint density at radius 1 is 1.03 bits per heavy atom. The van der Waals surface area contributed by atoms with E-state index in [0.717, 1.165) is 23.4 Å². The van der Waals surface area contributed by atoms with Crippen molar-refractivity contribution >= 4 is 23.3 Å². The first kappa shape index (κ1) is 20.5. The second kappa shape index (κ2) is 8.50. The molecule has 2 aliphatic rings. The number of nitrogens with one attached hydrogen (secondary N) is 1. The molecular weight excluding hydrogens is 376 g/mol. The van der Waals surface area contributed by atoms with Crippen LogP contribution in [0, 0.1) is 0 Å². The Balaban J connectivity index is 1.60. The van der Waals surface area contributed by atoms with Crippen LogP contribution < -0.4 is 10.2 Å². The lowest BCUT2D eigenvalue weighted by atomic mass is 9.84. The highest BCUT2D eigenvalue weighted by Crippen LogP contribution is 2.40. The van der Waals surface area contributed by atoms with Crippen LogP contribution in [0.4, 0.5) is 11.4 Å². The van der Waals surface area contributed by atoms with E-state index in [1.807, 2.05) is 6.92 Å². The summed E-state index contributed by atoms with van der Waals surface area (Å²) in [5, 5.41) is 13.0. The number of amides is 1. The third-order valence-electron chi connectivity index (χ3n) is 6.59. The van der Waals surface area contributed by atoms with Gasteiger partial charge in [-0.05, 0) is 73.6 Å². The maximum Gasteiger partial charge on any atom is 0.335 e. The second-order valence-electron chi connectivity index (χ2n) is 8.71. The summed E-state index contributed by atoms with van der Waals surface area (Å²) in [6, 6.07) is 13.7. The topological polar surface area (TPSA) is 69.6 Å². The third-order valence-corrected chi connectivity index (χ3v) is 6.59. The first-order chi connectivity index (χ1) is 14.4. The summed E-state index contributed by atoms with van der Waals surface area (Å²) >= 11 is 0. The van der Waals surface area contributed by atoms with Crippen molar-refractivity contribution in [2.45, 2.75) is 70.4 Å². The monoisotopic (exact) mass is 406 g/mol. The van der Waals surface area contributed by atoms with Crippen molar-refractivity contribution in [3.63, 3.8) is 0 Å². The Morgan fingerprint density at radius 2 is 1.73 bits per heavy atom. The van der Waals surface area contributed by atoms with Crippen LogP contribution in [0.25, 0.3) is 0 Å². The van der Waals surface area contributed by atoms with Crippen molar-refractivity contribution in [3.05, 3.63) is 59.2 Å². The molecule has 0 spiro atoms. The highest BCUT2D eigenvalue weighted by molar-refractivity contribution is 5.95. The molecule has 1 aliphatic carbocycles. The normalized spacial score (nSPS) is 21.7. The summed E-state index contributed by atoms with van der Waals surface area (Å²) in [5.41, 5.74) is 4.33. The van der Waals surface area contributed by atoms with E-state index in [1.54, 1.807) is 30.0 Å². The minimum absolute atomic E-state index is 0.0258. The van der Waals surface area contributed by atoms with Gasteiger partial charge in [0.15, 0.2) is 0 Å². The molecule has 2 atom stereocenters. The molecule has 0 radical (unpaired) electrons. The van der Waals surface area contributed by atoms with Gasteiger partial charge < -0.3 is 15.3 Å². The van der Waals surface area contributed by atoms with Gasteiger partial charge in [-0.25, -0.2) is 4.79 Å². The summed E-state index contributed by atoms with van der Waals surface area (Å²) in [4.78, 5) is 25.5. The Bertz CT molecular complexity index is 932. The van der Waals surface area contributed by atoms with Crippen molar-refractivity contribution in [1.29, 1.82) is 0 Å². The van der Waals surface area contributed by atoms with E-state index in [0.29, 0.717) is 5.92 Å². The summed E-state index contributed by atoms with van der Waals surface area (Å²) in [5.74, 6) is -0.311. The van der Waals surface area contributed by atoms with Crippen molar-refractivity contribution in [2.24, 2.45) is 0 Å². The number of anilines is 2. The first-order valence-corrected chi connectivity index (χ1v) is 11.0. The molecule has 0 saturated heterocycles. The van der Waals surface area contributed by atoms with Gasteiger partial charge in [-0.15, -0.1) is 0 Å². The molecule has 1 amide bonds. The van der Waals surface area contributed by atoms with Crippen molar-refractivity contribution in [1.82, 2.24) is 0 Å². The highest BCUT2D eigenvalue weighted by atomic mass is 16.4. The molecule has 1 heterocycles. The Morgan fingerprint density at radius 3 is 2.37 bits per heavy atom. The van der Waals surface area contributed by atoms with Gasteiger partial charge in [0, 0.05) is 24.3 Å². The van der Waals surface area contributed by atoms with Gasteiger partial charge in [0.2, 0.25) is 5.91 Å². The van der Waals surface area contributed by atoms with Gasteiger partial charge in [0.05, 0.1) is 11.6 Å². The Kier molecular flexibility index (Phi) is 5.80. The molecule has 2 aromatic rings. The minimum atomic E-state index is -0.957. The van der Waals surface area contributed by atoms with Crippen LogP contribution in [-0.4, -0.2) is 23.0 Å². The average Bonchev–Trinajstić information content (AvgIpc) is 2.74. The Hall–Kier alpha value is -2.82. The number of hydrogen-bond acceptors (Lipinski definition) is 3. The number of carbonyl (C=O) groups excluding carboxylic acids is 1. The molecule has 0 bridgehead atoms. The Labute approximate surface area is 178 Å². The van der Waals surface area contributed by atoms with Gasteiger partial charge in [-0.2, -0.15) is 0 Å². The molecule has 1 fully saturated rings. The molecule has 5 nitrogen and oxygen atoms in total. The van der Waals surface area contributed by atoms with Crippen molar-refractivity contribution in [3.8, 4) is 0 Å². The second-order valence-corrected chi connectivity index (χ2v) is 8.71. The highest BCUT2D eigenvalue weighted by Gasteiger charge is 2.33. The number of nitrogens with zero attached hydrogens (tertiary/aromatic N) is 1. The summed E-state index contributed by atoms with van der Waals surface area (Å²) < 4.78 is 0. The molecule has 158 valence electrons. The van der Waals surface area contributed by atoms with E-state index in [-0.39, 0.29) is 23.6 Å². The van der Waals surface area contributed by atoms with E-state index in [4.69, 9.17) is 0 Å². The van der Waals surface area contributed by atoms with Crippen molar-refractivity contribution in [2.75, 3.05) is 10.2 Å². The van der Waals surface area contributed by atoms with Crippen LogP contribution in [0.3, 0.4) is 0 Å². The summed E-state index contributed by atoms with van der Waals surface area (Å²) in [6.45, 7) is 3.60. The van der Waals surface area contributed by atoms with E-state index >= 15 is 0 Å². The SMILES string of the molecule is CC(=O)N1c2ccc(C(=O)O)cc2C(Nc2ccc(C3CCCCC3)cc2)CC1C. The smallest absolute Gasteiger partial charge is 0.335 e. The zero-order chi connectivity index (χ0) is 21.3. The summed E-state index contributed by atoms with van der Waals surface area (Å²) in [7, 11) is 0. The van der Waals surface area contributed by atoms with Crippen molar-refractivity contribution < 1.29 is 14.7 Å². The predicted molar refractivity (Wildman–Crippen MR) is 119 cm³/mol. The molecule has 2 N–H and O–H groups in total. The largest absolute Gasteiger partial charge is 0.478 e. The maximum absolute atomic E-state index is 12.2. The van der Waals surface area contributed by atoms with Gasteiger partial charge >= 0.3 is 5.97 Å². The minimum Gasteiger partial charge on any atom is -0.478 e. The molecule has 30 heavy (non-hydrogen) atoms. The van der Waals surface area contributed by atoms with Gasteiger partial charge in [0.25, 0.3) is 0 Å². The van der Waals surface area contributed by atoms with Crippen LogP contribution in [-0.2, 0) is 4.79 Å². The molecule has 1 aliphatic heterocycles. The fourth-order valence-corrected chi connectivity index (χ4v) is 5.10. The zero-order valence-corrected chi connectivity index (χ0v) is 17.7. The number of hydrogen-bond donors (Lipinski definition) is 2. The number of carboxylic acids is 1. The van der Waals surface area contributed by atoms with Gasteiger partial charge in [-0.1, -0.05) is 31.4 Å². The number of aromatic carboxylic acids is 1. The molecule has 5 heteroatoms. The fourth-order valence-electron chi connectivity index (χ4n) is 5.10. The van der Waals surface area contributed by atoms with Gasteiger partial charge in [-0.3, -0.25) is 4.79 Å². The molecule has 1 saturated carbocycles. The number of fused-ring (bicyclic) bond motifs is 1. The molecule has 2 unspecified atom stereocenters. The first-order valence-electron chi connectivity index (χ1n) is 11.0. The van der Waals surface area contributed by atoms with Gasteiger partial charge in [0.1, 0.15) is 0 Å². The van der Waals surface area contributed by atoms with Crippen LogP contribution in [0.2, 0.25) is 0 Å². The number of rotatable bonds is 4. The molecular formula is C25H30N2O3. The molecule has 4 rings (SSSR count). The molecule has 0 aromatic heterocycles. The average molecular weight is 407 g/mol. The van der Waals surface area contributed by atoms with E-state index < -0.39 is 5.97 Å². The number of benzene rings is 2. The maximum atomic E-state index is 12.2. The lowest BCUT2D eigenvalue weighted by Crippen LogP contribution is -2.43. The standard InChI is InChI=1S/C25H30N2O3/c1-16-14-23(22-15-20(25(29)30)10-13-24(22)27(16)17(2)28)26-21-11-8-19(9-12-21)18-6-4-3-5-7-18/h8-13,15-16,18,23,26H,3-7,14H2,1-2H3,(H,29,30). The van der Waals surface area contributed by atoms with E-state index in [9.17, 15) is 14.7 Å². The van der Waals surface area contributed by atoms with Crippen LogP contribution in [0.5, 0.6) is 0 Å². The van der Waals surface area contributed by atoms with Crippen LogP contribution >= 0.6 is 0 Å². The predicted octanol–water partition coefficient (Wildman–Crippen LogP) is 5.73. The fraction of sp³-hybridized carbons (Fsp3) is 0.440. The van der Waals surface area contributed by atoms with E-state index in [1.165, 1.54) is 37.7 Å².